The topological polar surface area (TPSA) is 125 Å². The van der Waals surface area contributed by atoms with Gasteiger partial charge in [0, 0.05) is 12.4 Å². The number of anilines is 3. The number of pyridine rings is 2. The fourth-order valence-corrected chi connectivity index (χ4v) is 4.15. The van der Waals surface area contributed by atoms with Crippen molar-refractivity contribution in [1.29, 1.82) is 0 Å². The van der Waals surface area contributed by atoms with Gasteiger partial charge >= 0.3 is 6.03 Å². The fraction of sp³-hybridized carbons (Fsp3) is 0.308. The maximum absolute atomic E-state index is 12.7. The molecule has 2 aromatic heterocycles. The largest absolute Gasteiger partial charge is 0.397 e. The molecule has 35 heavy (non-hydrogen) atoms. The first-order valence-corrected chi connectivity index (χ1v) is 11.9. The van der Waals surface area contributed by atoms with Gasteiger partial charge in [0.25, 0.3) is 5.91 Å². The summed E-state index contributed by atoms with van der Waals surface area (Å²) in [4.78, 5) is 36.1. The molecule has 4 rings (SSSR count). The number of hydrogen-bond acceptors (Lipinski definition) is 6. The monoisotopic (exact) mass is 473 g/mol. The van der Waals surface area contributed by atoms with Crippen molar-refractivity contribution in [2.24, 2.45) is 0 Å². The lowest BCUT2D eigenvalue weighted by molar-refractivity contribution is 0.102. The fourth-order valence-electron chi connectivity index (χ4n) is 4.15. The van der Waals surface area contributed by atoms with Crippen LogP contribution in [0.2, 0.25) is 0 Å². The molecule has 1 atom stereocenters. The molecule has 1 aromatic carbocycles. The van der Waals surface area contributed by atoms with Crippen LogP contribution < -0.4 is 21.7 Å². The standard InChI is InChI=1S/C26H31N7O2/c27-21-8-1-2-9-23(21)31-25(34)24-12-11-19(17-29-24)22(10-6-16-33-14-3-4-15-33)32-26(35)30-20-7-5-13-28-18-20/h1-2,5,7-9,11-13,17-18,22H,3-4,6,10,14-16,27H2,(H,31,34)(H2,30,32,35). The van der Waals surface area contributed by atoms with Gasteiger partial charge in [-0.1, -0.05) is 18.2 Å². The smallest absolute Gasteiger partial charge is 0.319 e. The molecule has 0 spiro atoms. The van der Waals surface area contributed by atoms with Crippen molar-refractivity contribution in [3.8, 4) is 0 Å². The number of nitrogens with one attached hydrogen (secondary N) is 3. The van der Waals surface area contributed by atoms with Gasteiger partial charge in [0.15, 0.2) is 0 Å². The molecule has 1 aliphatic heterocycles. The van der Waals surface area contributed by atoms with Crippen LogP contribution in [0.4, 0.5) is 21.9 Å². The highest BCUT2D eigenvalue weighted by Gasteiger charge is 2.18. The average Bonchev–Trinajstić information content (AvgIpc) is 3.39. The Morgan fingerprint density at radius 3 is 2.54 bits per heavy atom. The Kier molecular flexibility index (Phi) is 8.24. The van der Waals surface area contributed by atoms with Crippen LogP contribution in [0.3, 0.4) is 0 Å². The molecule has 182 valence electrons. The van der Waals surface area contributed by atoms with Gasteiger partial charge < -0.3 is 26.6 Å². The van der Waals surface area contributed by atoms with Gasteiger partial charge in [-0.15, -0.1) is 0 Å². The third-order valence-corrected chi connectivity index (χ3v) is 6.02. The van der Waals surface area contributed by atoms with E-state index in [4.69, 9.17) is 5.73 Å². The van der Waals surface area contributed by atoms with Crippen molar-refractivity contribution in [3.63, 3.8) is 0 Å². The lowest BCUT2D eigenvalue weighted by Gasteiger charge is -2.21. The third-order valence-electron chi connectivity index (χ3n) is 6.02. The van der Waals surface area contributed by atoms with E-state index in [2.05, 4.69) is 30.8 Å². The zero-order valence-corrected chi connectivity index (χ0v) is 19.6. The van der Waals surface area contributed by atoms with E-state index >= 15 is 0 Å². The van der Waals surface area contributed by atoms with E-state index in [-0.39, 0.29) is 23.7 Å². The zero-order chi connectivity index (χ0) is 24.5. The molecule has 1 fully saturated rings. The molecular formula is C26H31N7O2. The Hall–Kier alpha value is -3.98. The van der Waals surface area contributed by atoms with Crippen molar-refractivity contribution in [2.45, 2.75) is 31.7 Å². The lowest BCUT2D eigenvalue weighted by Crippen LogP contribution is -2.33. The summed E-state index contributed by atoms with van der Waals surface area (Å²) in [6.45, 7) is 3.27. The van der Waals surface area contributed by atoms with Crippen LogP contribution in [0.25, 0.3) is 0 Å². The Bertz CT molecular complexity index is 1120. The number of urea groups is 1. The molecule has 0 radical (unpaired) electrons. The molecule has 0 saturated carbocycles. The molecule has 0 aliphatic carbocycles. The number of nitrogens with two attached hydrogens (primary N) is 1. The van der Waals surface area contributed by atoms with Gasteiger partial charge in [-0.2, -0.15) is 0 Å². The van der Waals surface area contributed by atoms with Crippen LogP contribution in [0.15, 0.2) is 67.1 Å². The van der Waals surface area contributed by atoms with Crippen LogP contribution >= 0.6 is 0 Å². The predicted octanol–water partition coefficient (Wildman–Crippen LogP) is 4.05. The summed E-state index contributed by atoms with van der Waals surface area (Å²) in [6.07, 6.45) is 9.08. The number of amides is 3. The van der Waals surface area contributed by atoms with E-state index in [1.165, 1.54) is 12.8 Å². The summed E-state index contributed by atoms with van der Waals surface area (Å²) in [5, 5.41) is 8.65. The van der Waals surface area contributed by atoms with E-state index in [1.54, 1.807) is 61.1 Å². The van der Waals surface area contributed by atoms with E-state index in [0.29, 0.717) is 17.1 Å². The minimum Gasteiger partial charge on any atom is -0.397 e. The lowest BCUT2D eigenvalue weighted by atomic mass is 10.0. The number of carbonyl (C=O) groups excluding carboxylic acids is 2. The van der Waals surface area contributed by atoms with Crippen molar-refractivity contribution in [2.75, 3.05) is 36.0 Å². The molecule has 1 unspecified atom stereocenters. The second-order valence-corrected chi connectivity index (χ2v) is 8.60. The van der Waals surface area contributed by atoms with Crippen LogP contribution in [-0.4, -0.2) is 46.4 Å². The molecule has 0 bridgehead atoms. The van der Waals surface area contributed by atoms with Crippen molar-refractivity contribution in [1.82, 2.24) is 20.2 Å². The van der Waals surface area contributed by atoms with E-state index in [9.17, 15) is 9.59 Å². The normalized spacial score (nSPS) is 14.3. The van der Waals surface area contributed by atoms with Crippen LogP contribution in [0.5, 0.6) is 0 Å². The van der Waals surface area contributed by atoms with E-state index in [1.807, 2.05) is 6.07 Å². The number of benzene rings is 1. The van der Waals surface area contributed by atoms with E-state index in [0.717, 1.165) is 38.0 Å². The highest BCUT2D eigenvalue weighted by atomic mass is 16.2. The Balaban J connectivity index is 1.42. The summed E-state index contributed by atoms with van der Waals surface area (Å²) >= 11 is 0. The first-order valence-electron chi connectivity index (χ1n) is 11.9. The molecule has 5 N–H and O–H groups in total. The molecule has 9 heteroatoms. The minimum atomic E-state index is -0.345. The quantitative estimate of drug-likeness (QED) is 0.348. The van der Waals surface area contributed by atoms with Gasteiger partial charge in [-0.3, -0.25) is 14.8 Å². The van der Waals surface area contributed by atoms with Crippen molar-refractivity contribution >= 4 is 29.0 Å². The molecule has 1 aliphatic rings. The second kappa shape index (κ2) is 11.9. The van der Waals surface area contributed by atoms with Gasteiger partial charge in [-0.05, 0) is 81.2 Å². The molecule has 9 nitrogen and oxygen atoms in total. The molecule has 3 aromatic rings. The maximum Gasteiger partial charge on any atom is 0.319 e. The molecule has 3 amide bonds. The van der Waals surface area contributed by atoms with Crippen LogP contribution in [-0.2, 0) is 0 Å². The summed E-state index contributed by atoms with van der Waals surface area (Å²) in [7, 11) is 0. The first-order chi connectivity index (χ1) is 17.1. The molecule has 3 heterocycles. The maximum atomic E-state index is 12.7. The summed E-state index contributed by atoms with van der Waals surface area (Å²) in [6, 6.07) is 13.6. The summed E-state index contributed by atoms with van der Waals surface area (Å²) < 4.78 is 0. The SMILES string of the molecule is Nc1ccccc1NC(=O)c1ccc(C(CCCN2CCCC2)NC(=O)Nc2cccnc2)cn1. The highest BCUT2D eigenvalue weighted by molar-refractivity contribution is 6.04. The number of hydrogen-bond donors (Lipinski definition) is 4. The summed E-state index contributed by atoms with van der Waals surface area (Å²) in [5.41, 5.74) is 8.66. The average molecular weight is 474 g/mol. The van der Waals surface area contributed by atoms with Gasteiger partial charge in [0.05, 0.1) is 29.3 Å². The number of likely N-dealkylation sites (tertiary alicyclic amines) is 1. The first kappa shape index (κ1) is 24.2. The molecular weight excluding hydrogens is 442 g/mol. The second-order valence-electron chi connectivity index (χ2n) is 8.60. The third kappa shape index (κ3) is 7.00. The number of nitrogens with zero attached hydrogens (tertiary/aromatic N) is 3. The predicted molar refractivity (Wildman–Crippen MR) is 137 cm³/mol. The summed E-state index contributed by atoms with van der Waals surface area (Å²) in [5.74, 6) is -0.345. The minimum absolute atomic E-state index is 0.247. The highest BCUT2D eigenvalue weighted by Crippen LogP contribution is 2.21. The van der Waals surface area contributed by atoms with Crippen molar-refractivity contribution < 1.29 is 9.59 Å². The van der Waals surface area contributed by atoms with Gasteiger partial charge in [-0.25, -0.2) is 4.79 Å². The zero-order valence-electron chi connectivity index (χ0n) is 19.6. The number of carbonyl (C=O) groups is 2. The Labute approximate surface area is 205 Å². The number of para-hydroxylation sites is 2. The van der Waals surface area contributed by atoms with Crippen LogP contribution in [0, 0.1) is 0 Å². The molecule has 1 saturated heterocycles. The number of nitrogen functional groups attached to an aromatic ring is 1. The van der Waals surface area contributed by atoms with Crippen LogP contribution in [0.1, 0.15) is 47.8 Å². The van der Waals surface area contributed by atoms with Gasteiger partial charge in [0.2, 0.25) is 0 Å². The number of rotatable bonds is 9. The van der Waals surface area contributed by atoms with Gasteiger partial charge in [0.1, 0.15) is 5.69 Å². The van der Waals surface area contributed by atoms with Crippen molar-refractivity contribution in [3.05, 3.63) is 78.4 Å². The Morgan fingerprint density at radius 1 is 1.00 bits per heavy atom. The number of aromatic nitrogens is 2. The van der Waals surface area contributed by atoms with E-state index < -0.39 is 0 Å². The Morgan fingerprint density at radius 2 is 1.83 bits per heavy atom.